The van der Waals surface area contributed by atoms with Crippen molar-refractivity contribution < 1.29 is 14.3 Å². The molecule has 16 heavy (non-hydrogen) atoms. The molecule has 1 aromatic carbocycles. The van der Waals surface area contributed by atoms with Crippen LogP contribution in [0.5, 0.6) is 5.75 Å². The fourth-order valence-corrected chi connectivity index (χ4v) is 1.72. The van der Waals surface area contributed by atoms with Gasteiger partial charge < -0.3 is 9.47 Å². The Morgan fingerprint density at radius 2 is 2.25 bits per heavy atom. The first-order chi connectivity index (χ1) is 7.70. The van der Waals surface area contributed by atoms with Crippen molar-refractivity contribution in [1.29, 1.82) is 0 Å². The highest BCUT2D eigenvalue weighted by Crippen LogP contribution is 2.35. The Bertz CT molecular complexity index is 388. The lowest BCUT2D eigenvalue weighted by molar-refractivity contribution is -0.149. The van der Waals surface area contributed by atoms with Crippen molar-refractivity contribution in [3.05, 3.63) is 29.3 Å². The van der Waals surface area contributed by atoms with Gasteiger partial charge in [0, 0.05) is 10.9 Å². The number of carbonyl (C=O) groups excluding carboxylic acids is 1. The first-order valence-electron chi connectivity index (χ1n) is 5.21. The van der Waals surface area contributed by atoms with Gasteiger partial charge in [0.1, 0.15) is 5.75 Å². The molecule has 1 aliphatic rings. The Balaban J connectivity index is 2.08. The fraction of sp³-hybridized carbons (Fsp3) is 0.417. The van der Waals surface area contributed by atoms with E-state index in [2.05, 4.69) is 0 Å². The van der Waals surface area contributed by atoms with Crippen LogP contribution in [0.3, 0.4) is 0 Å². The van der Waals surface area contributed by atoms with Gasteiger partial charge in [-0.1, -0.05) is 17.7 Å². The van der Waals surface area contributed by atoms with Gasteiger partial charge in [-0.25, -0.2) is 4.79 Å². The monoisotopic (exact) mass is 240 g/mol. The summed E-state index contributed by atoms with van der Waals surface area (Å²) in [5.41, 5.74) is 0. The van der Waals surface area contributed by atoms with E-state index in [4.69, 9.17) is 21.1 Å². The van der Waals surface area contributed by atoms with Crippen molar-refractivity contribution in [2.24, 2.45) is 5.92 Å². The van der Waals surface area contributed by atoms with Gasteiger partial charge >= 0.3 is 5.97 Å². The third kappa shape index (κ3) is 2.67. The van der Waals surface area contributed by atoms with Gasteiger partial charge in [0.15, 0.2) is 6.10 Å². The predicted octanol–water partition coefficient (Wildman–Crippen LogP) is 2.67. The number of esters is 1. The second-order valence-corrected chi connectivity index (χ2v) is 4.29. The maximum atomic E-state index is 11.5. The molecule has 0 bridgehead atoms. The summed E-state index contributed by atoms with van der Waals surface area (Å²) in [6, 6.07) is 7.03. The molecule has 86 valence electrons. The molecule has 1 atom stereocenters. The van der Waals surface area contributed by atoms with Crippen LogP contribution in [-0.2, 0) is 9.53 Å². The van der Waals surface area contributed by atoms with Crippen molar-refractivity contribution in [2.75, 3.05) is 7.11 Å². The molecule has 0 radical (unpaired) electrons. The van der Waals surface area contributed by atoms with Gasteiger partial charge in [-0.05, 0) is 31.0 Å². The Kier molecular flexibility index (Phi) is 3.34. The van der Waals surface area contributed by atoms with Crippen LogP contribution in [0.15, 0.2) is 24.3 Å². The molecule has 0 saturated heterocycles. The number of benzene rings is 1. The van der Waals surface area contributed by atoms with Crippen LogP contribution in [-0.4, -0.2) is 19.2 Å². The van der Waals surface area contributed by atoms with Crippen LogP contribution in [0.4, 0.5) is 0 Å². The van der Waals surface area contributed by atoms with Crippen LogP contribution in [0.1, 0.15) is 12.8 Å². The van der Waals surface area contributed by atoms with E-state index in [0.717, 1.165) is 12.8 Å². The van der Waals surface area contributed by atoms with Crippen LogP contribution in [0, 0.1) is 5.92 Å². The SMILES string of the molecule is COC(=O)C(Oc1cccc(Cl)c1)C1CC1. The number of hydrogen-bond donors (Lipinski definition) is 0. The summed E-state index contributed by atoms with van der Waals surface area (Å²) in [6.45, 7) is 0. The van der Waals surface area contributed by atoms with Gasteiger partial charge in [-0.2, -0.15) is 0 Å². The predicted molar refractivity (Wildman–Crippen MR) is 60.6 cm³/mol. The zero-order valence-corrected chi connectivity index (χ0v) is 9.74. The van der Waals surface area contributed by atoms with E-state index >= 15 is 0 Å². The van der Waals surface area contributed by atoms with E-state index in [1.807, 2.05) is 0 Å². The average molecular weight is 241 g/mol. The molecule has 1 aromatic rings. The minimum Gasteiger partial charge on any atom is -0.478 e. The molecule has 0 spiro atoms. The van der Waals surface area contributed by atoms with Crippen LogP contribution < -0.4 is 4.74 Å². The summed E-state index contributed by atoms with van der Waals surface area (Å²) in [7, 11) is 1.37. The first-order valence-corrected chi connectivity index (χ1v) is 5.58. The molecular formula is C12H13ClO3. The molecule has 1 fully saturated rings. The van der Waals surface area contributed by atoms with Crippen molar-refractivity contribution in [1.82, 2.24) is 0 Å². The molecule has 2 rings (SSSR count). The van der Waals surface area contributed by atoms with Gasteiger partial charge in [-0.3, -0.25) is 0 Å². The summed E-state index contributed by atoms with van der Waals surface area (Å²) in [4.78, 5) is 11.5. The molecule has 0 heterocycles. The van der Waals surface area contributed by atoms with Crippen molar-refractivity contribution in [2.45, 2.75) is 18.9 Å². The number of methoxy groups -OCH3 is 1. The fourth-order valence-electron chi connectivity index (χ4n) is 1.54. The zero-order valence-electron chi connectivity index (χ0n) is 8.98. The van der Waals surface area contributed by atoms with E-state index in [1.165, 1.54) is 7.11 Å². The van der Waals surface area contributed by atoms with Crippen LogP contribution in [0.2, 0.25) is 5.02 Å². The highest BCUT2D eigenvalue weighted by atomic mass is 35.5. The van der Waals surface area contributed by atoms with E-state index < -0.39 is 6.10 Å². The lowest BCUT2D eigenvalue weighted by atomic mass is 10.2. The number of carbonyl (C=O) groups is 1. The second-order valence-electron chi connectivity index (χ2n) is 3.86. The molecule has 0 amide bonds. The molecule has 4 heteroatoms. The standard InChI is InChI=1S/C12H13ClO3/c1-15-12(14)11(8-5-6-8)16-10-4-2-3-9(13)7-10/h2-4,7-8,11H,5-6H2,1H3. The Labute approximate surface area is 99.3 Å². The Morgan fingerprint density at radius 1 is 1.50 bits per heavy atom. The van der Waals surface area contributed by atoms with Gasteiger partial charge in [0.25, 0.3) is 0 Å². The maximum absolute atomic E-state index is 11.5. The Morgan fingerprint density at radius 3 is 2.81 bits per heavy atom. The third-order valence-electron chi connectivity index (χ3n) is 2.54. The number of hydrogen-bond acceptors (Lipinski definition) is 3. The van der Waals surface area contributed by atoms with Crippen molar-refractivity contribution in [3.63, 3.8) is 0 Å². The topological polar surface area (TPSA) is 35.5 Å². The van der Waals surface area contributed by atoms with E-state index in [1.54, 1.807) is 24.3 Å². The quantitative estimate of drug-likeness (QED) is 0.759. The Hall–Kier alpha value is -1.22. The number of halogens is 1. The van der Waals surface area contributed by atoms with Crippen LogP contribution >= 0.6 is 11.6 Å². The lowest BCUT2D eigenvalue weighted by Crippen LogP contribution is -2.30. The summed E-state index contributed by atoms with van der Waals surface area (Å²) in [6.07, 6.45) is 1.53. The van der Waals surface area contributed by atoms with Crippen LogP contribution in [0.25, 0.3) is 0 Å². The highest BCUT2D eigenvalue weighted by molar-refractivity contribution is 6.30. The van der Waals surface area contributed by atoms with E-state index in [-0.39, 0.29) is 11.9 Å². The molecule has 1 unspecified atom stereocenters. The minimum absolute atomic E-state index is 0.284. The molecule has 1 aliphatic carbocycles. The maximum Gasteiger partial charge on any atom is 0.347 e. The summed E-state index contributed by atoms with van der Waals surface area (Å²) in [5, 5.41) is 0.594. The highest BCUT2D eigenvalue weighted by Gasteiger charge is 2.38. The molecule has 3 nitrogen and oxygen atoms in total. The normalized spacial score (nSPS) is 16.6. The number of ether oxygens (including phenoxy) is 2. The van der Waals surface area contributed by atoms with Crippen molar-refractivity contribution in [3.8, 4) is 5.75 Å². The smallest absolute Gasteiger partial charge is 0.347 e. The minimum atomic E-state index is -0.497. The number of rotatable bonds is 4. The van der Waals surface area contributed by atoms with Gasteiger partial charge in [-0.15, -0.1) is 0 Å². The van der Waals surface area contributed by atoms with Gasteiger partial charge in [0.05, 0.1) is 7.11 Å². The lowest BCUT2D eigenvalue weighted by Gasteiger charge is -2.16. The van der Waals surface area contributed by atoms with Gasteiger partial charge in [0.2, 0.25) is 0 Å². The van der Waals surface area contributed by atoms with Crippen molar-refractivity contribution >= 4 is 17.6 Å². The molecule has 0 aliphatic heterocycles. The van der Waals surface area contributed by atoms with E-state index in [0.29, 0.717) is 10.8 Å². The summed E-state index contributed by atoms with van der Waals surface area (Å²) >= 11 is 5.84. The summed E-state index contributed by atoms with van der Waals surface area (Å²) in [5.74, 6) is 0.573. The third-order valence-corrected chi connectivity index (χ3v) is 2.78. The molecule has 0 N–H and O–H groups in total. The molecular weight excluding hydrogens is 228 g/mol. The van der Waals surface area contributed by atoms with E-state index in [9.17, 15) is 4.79 Å². The molecule has 1 saturated carbocycles. The molecule has 0 aromatic heterocycles. The average Bonchev–Trinajstić information content (AvgIpc) is 3.09. The zero-order chi connectivity index (χ0) is 11.5. The summed E-state index contributed by atoms with van der Waals surface area (Å²) < 4.78 is 10.3. The largest absolute Gasteiger partial charge is 0.478 e. The first kappa shape index (κ1) is 11.3. The second kappa shape index (κ2) is 4.74.